The van der Waals surface area contributed by atoms with Crippen molar-refractivity contribution >= 4 is 44.1 Å². The summed E-state index contributed by atoms with van der Waals surface area (Å²) in [4.78, 5) is 50.8. The topological polar surface area (TPSA) is 261 Å². The molecule has 8 atom stereocenters. The number of hydrogen-bond donors (Lipinski definition) is 5. The highest BCUT2D eigenvalue weighted by Crippen LogP contribution is 2.50. The summed E-state index contributed by atoms with van der Waals surface area (Å²) in [7, 11) is -8.23. The Morgan fingerprint density at radius 3 is 2.79 bits per heavy atom. The summed E-state index contributed by atoms with van der Waals surface area (Å²) in [6.07, 6.45) is -0.250. The predicted octanol–water partition coefficient (Wildman–Crippen LogP) is -0.0166. The number of nitrogens with one attached hydrogen (secondary N) is 1. The summed E-state index contributed by atoms with van der Waals surface area (Å²) in [5.41, 5.74) is 6.02. The van der Waals surface area contributed by atoms with E-state index in [4.69, 9.17) is 28.8 Å². The lowest BCUT2D eigenvalue weighted by molar-refractivity contribution is -0.0578. The van der Waals surface area contributed by atoms with Crippen LogP contribution in [0.1, 0.15) is 25.3 Å². The number of nitrogens with two attached hydrogens (primary N) is 1. The van der Waals surface area contributed by atoms with Gasteiger partial charge in [0.15, 0.2) is 17.4 Å². The number of imidazole rings is 1. The molecule has 6 N–H and O–H groups in total. The highest BCUT2D eigenvalue weighted by molar-refractivity contribution is 7.47. The van der Waals surface area contributed by atoms with Crippen molar-refractivity contribution in [3.8, 4) is 0 Å². The van der Waals surface area contributed by atoms with E-state index in [1.54, 1.807) is 16.8 Å². The summed E-state index contributed by atoms with van der Waals surface area (Å²) in [6, 6.07) is 1.69. The van der Waals surface area contributed by atoms with E-state index in [2.05, 4.69) is 24.9 Å². The largest absolute Gasteiger partial charge is 0.472 e. The number of aromatic amines is 1. The zero-order chi connectivity index (χ0) is 29.6. The first-order valence-electron chi connectivity index (χ1n) is 12.6. The van der Waals surface area contributed by atoms with Gasteiger partial charge in [-0.25, -0.2) is 24.5 Å². The molecule has 4 unspecified atom stereocenters. The van der Waals surface area contributed by atoms with Crippen LogP contribution >= 0.6 is 16.1 Å². The van der Waals surface area contributed by atoms with Gasteiger partial charge in [-0.3, -0.25) is 23.0 Å². The molecule has 2 fully saturated rings. The number of nitrogen functional groups attached to an aromatic ring is 1. The Bertz CT molecular complexity index is 1730. The molecule has 0 aliphatic carbocycles. The zero-order valence-corrected chi connectivity index (χ0v) is 23.4. The first-order chi connectivity index (χ1) is 20.1. The monoisotopic (exact) mass is 628 g/mol. The van der Waals surface area contributed by atoms with Gasteiger partial charge in [-0.1, -0.05) is 0 Å². The molecule has 2 aliphatic rings. The van der Waals surface area contributed by atoms with Gasteiger partial charge >= 0.3 is 16.1 Å². The van der Waals surface area contributed by atoms with Crippen LogP contribution in [0, 0.1) is 0 Å². The summed E-state index contributed by atoms with van der Waals surface area (Å²) < 4.78 is 55.2. The lowest BCUT2D eigenvalue weighted by Gasteiger charge is -2.24. The van der Waals surface area contributed by atoms with Crippen molar-refractivity contribution in [2.45, 2.75) is 49.7 Å². The van der Waals surface area contributed by atoms with E-state index in [0.29, 0.717) is 11.0 Å². The van der Waals surface area contributed by atoms with E-state index in [1.807, 2.05) is 0 Å². The number of ether oxygens (including phenoxy) is 2. The van der Waals surface area contributed by atoms with Gasteiger partial charge in [0.1, 0.15) is 36.2 Å². The average Bonchev–Trinajstić information content (AvgIpc) is 3.72. The second-order valence-corrected chi connectivity index (χ2v) is 11.7. The maximum Gasteiger partial charge on any atom is 0.472 e. The normalized spacial score (nSPS) is 28.5. The maximum absolute atomic E-state index is 13.1. The van der Waals surface area contributed by atoms with Gasteiger partial charge in [-0.05, 0) is 6.07 Å². The molecule has 19 nitrogen and oxygen atoms in total. The van der Waals surface area contributed by atoms with E-state index in [0.717, 1.165) is 0 Å². The molecule has 0 amide bonds. The van der Waals surface area contributed by atoms with E-state index >= 15 is 0 Å². The molecule has 0 saturated carbocycles. The number of phosphoric acid groups is 1. The van der Waals surface area contributed by atoms with Crippen molar-refractivity contribution in [3.63, 3.8) is 0 Å². The van der Waals surface area contributed by atoms with E-state index < -0.39 is 71.7 Å². The molecule has 4 aromatic rings. The van der Waals surface area contributed by atoms with Gasteiger partial charge < -0.3 is 44.2 Å². The van der Waals surface area contributed by atoms with Gasteiger partial charge in [-0.15, -0.1) is 0 Å². The Hall–Kier alpha value is -3.09. The SMILES string of the molecule is Nc1ncnc2c1ccn2[C@H]1CC(O[PH](=O)O)[C@@H](COP(=O)(O)OC2C[C@@H](CO)O[C@H]2n2cnc3c(=O)[nH]cnc32)O1. The van der Waals surface area contributed by atoms with Gasteiger partial charge in [-0.2, -0.15) is 0 Å². The molecular formula is C21H26N8O11P2. The summed E-state index contributed by atoms with van der Waals surface area (Å²) in [6.45, 7) is -0.956. The molecule has 226 valence electrons. The Labute approximate surface area is 235 Å². The molecule has 6 heterocycles. The van der Waals surface area contributed by atoms with Gasteiger partial charge in [0, 0.05) is 19.0 Å². The molecular weight excluding hydrogens is 602 g/mol. The van der Waals surface area contributed by atoms with Crippen molar-refractivity contribution in [2.24, 2.45) is 0 Å². The van der Waals surface area contributed by atoms with E-state index in [9.17, 15) is 28.8 Å². The number of anilines is 1. The number of aliphatic hydroxyl groups is 1. The number of fused-ring (bicyclic) bond motifs is 2. The average molecular weight is 628 g/mol. The van der Waals surface area contributed by atoms with Gasteiger partial charge in [0.05, 0.1) is 43.5 Å². The Morgan fingerprint density at radius 2 is 2.00 bits per heavy atom. The fourth-order valence-corrected chi connectivity index (χ4v) is 6.52. The Kier molecular flexibility index (Phi) is 7.97. The highest BCUT2D eigenvalue weighted by atomic mass is 31.2. The predicted molar refractivity (Wildman–Crippen MR) is 141 cm³/mol. The Balaban J connectivity index is 1.17. The number of aliphatic hydroxyl groups excluding tert-OH is 1. The third kappa shape index (κ3) is 5.63. The molecule has 2 aliphatic heterocycles. The molecule has 0 bridgehead atoms. The van der Waals surface area contributed by atoms with E-state index in [1.165, 1.54) is 23.5 Å². The van der Waals surface area contributed by atoms with Crippen LogP contribution in [0.4, 0.5) is 5.82 Å². The molecule has 42 heavy (non-hydrogen) atoms. The molecule has 0 aromatic carbocycles. The molecule has 21 heteroatoms. The minimum absolute atomic E-state index is 0.00382. The zero-order valence-electron chi connectivity index (χ0n) is 21.5. The van der Waals surface area contributed by atoms with Crippen LogP contribution in [0.25, 0.3) is 22.2 Å². The van der Waals surface area contributed by atoms with Crippen LogP contribution in [-0.4, -0.2) is 86.6 Å². The fourth-order valence-electron chi connectivity index (χ4n) is 5.09. The summed E-state index contributed by atoms with van der Waals surface area (Å²) >= 11 is 0. The van der Waals surface area contributed by atoms with Crippen molar-refractivity contribution in [3.05, 3.63) is 41.6 Å². The van der Waals surface area contributed by atoms with Crippen LogP contribution < -0.4 is 11.3 Å². The quantitative estimate of drug-likeness (QED) is 0.145. The number of hydrogen-bond acceptors (Lipinski definition) is 14. The van der Waals surface area contributed by atoms with Crippen molar-refractivity contribution in [1.29, 1.82) is 0 Å². The van der Waals surface area contributed by atoms with E-state index in [-0.39, 0.29) is 29.8 Å². The molecule has 2 saturated heterocycles. The van der Waals surface area contributed by atoms with Crippen molar-refractivity contribution in [2.75, 3.05) is 18.9 Å². The number of rotatable bonds is 10. The number of nitrogens with zero attached hydrogens (tertiary/aromatic N) is 6. The Morgan fingerprint density at radius 1 is 1.17 bits per heavy atom. The van der Waals surface area contributed by atoms with Crippen molar-refractivity contribution < 1.29 is 47.1 Å². The van der Waals surface area contributed by atoms with Crippen LogP contribution in [0.15, 0.2) is 36.0 Å². The molecule has 6 rings (SSSR count). The first kappa shape index (κ1) is 29.0. The summed E-state index contributed by atoms with van der Waals surface area (Å²) in [5, 5.41) is 10.2. The smallest absolute Gasteiger partial charge is 0.394 e. The lowest BCUT2D eigenvalue weighted by Crippen LogP contribution is -2.28. The van der Waals surface area contributed by atoms with Crippen LogP contribution in [0.5, 0.6) is 0 Å². The van der Waals surface area contributed by atoms with Crippen molar-refractivity contribution in [1.82, 2.24) is 34.1 Å². The van der Waals surface area contributed by atoms with Crippen LogP contribution in [-0.2, 0) is 32.2 Å². The second-order valence-electron chi connectivity index (χ2n) is 9.54. The third-order valence-corrected chi connectivity index (χ3v) is 8.46. The first-order valence-corrected chi connectivity index (χ1v) is 15.3. The van der Waals surface area contributed by atoms with Gasteiger partial charge in [0.25, 0.3) is 5.56 Å². The highest BCUT2D eigenvalue weighted by Gasteiger charge is 2.44. The fraction of sp³-hybridized carbons (Fsp3) is 0.476. The summed E-state index contributed by atoms with van der Waals surface area (Å²) in [5.74, 6) is 0.257. The number of phosphoric ester groups is 1. The minimum atomic E-state index is -4.82. The number of aromatic nitrogens is 7. The lowest BCUT2D eigenvalue weighted by atomic mass is 10.2. The molecule has 0 radical (unpaired) electrons. The van der Waals surface area contributed by atoms with Crippen LogP contribution in [0.2, 0.25) is 0 Å². The second kappa shape index (κ2) is 11.5. The third-order valence-electron chi connectivity index (χ3n) is 6.94. The molecule has 4 aromatic heterocycles. The number of H-pyrrole nitrogens is 1. The maximum atomic E-state index is 13.1. The van der Waals surface area contributed by atoms with Gasteiger partial charge in [0.2, 0.25) is 0 Å². The standard InChI is InChI=1S/C21H26N8O11P2/c22-17-11-1-2-28(18(11)24-7-23-17)15-4-12(39-41(32)33)14(38-15)6-36-42(34,35)40-13-3-10(5-30)37-21(13)29-9-27-16-19(29)25-8-26-20(16)31/h1-2,7-10,12-15,21,30,41H,3-6H2,(H,32,33)(H,34,35)(H2,22,23,24)(H,25,26,31)/t10-,12?,13?,14+,15+,21+/m0/s1. The minimum Gasteiger partial charge on any atom is -0.394 e. The molecule has 0 spiro atoms. The van der Waals surface area contributed by atoms with Crippen LogP contribution in [0.3, 0.4) is 0 Å².